The highest BCUT2D eigenvalue weighted by Crippen LogP contribution is 2.31. The van der Waals surface area contributed by atoms with Gasteiger partial charge in [-0.3, -0.25) is 9.59 Å². The first-order valence-corrected chi connectivity index (χ1v) is 6.72. The maximum absolute atomic E-state index is 11.6. The van der Waals surface area contributed by atoms with Crippen LogP contribution < -0.4 is 16.8 Å². The molecule has 22 heavy (non-hydrogen) atoms. The number of amides is 2. The van der Waals surface area contributed by atoms with Crippen LogP contribution in [-0.2, 0) is 19.1 Å². The topological polar surface area (TPSA) is 125 Å². The molecule has 1 unspecified atom stereocenters. The number of hydrogen-bond donors (Lipinski definition) is 3. The van der Waals surface area contributed by atoms with Gasteiger partial charge in [0.1, 0.15) is 5.03 Å². The van der Waals surface area contributed by atoms with Gasteiger partial charge in [-0.15, -0.1) is 0 Å². The van der Waals surface area contributed by atoms with Crippen LogP contribution >= 0.6 is 11.6 Å². The summed E-state index contributed by atoms with van der Waals surface area (Å²) >= 11 is 5.90. The van der Waals surface area contributed by atoms with E-state index in [0.717, 1.165) is 5.56 Å². The molecular formula is C14H14ClN3O4. The number of cyclic esters (lactones) is 1. The summed E-state index contributed by atoms with van der Waals surface area (Å²) in [5, 5.41) is 2.62. The minimum Gasteiger partial charge on any atom is -0.450 e. The van der Waals surface area contributed by atoms with Crippen LogP contribution in [0.3, 0.4) is 0 Å². The van der Waals surface area contributed by atoms with Crippen LogP contribution in [0.25, 0.3) is 0 Å². The molecule has 1 aromatic rings. The quantitative estimate of drug-likeness (QED) is 0.533. The summed E-state index contributed by atoms with van der Waals surface area (Å²) in [6.07, 6.45) is -1.27. The minimum atomic E-state index is -1.51. The maximum atomic E-state index is 11.6. The van der Waals surface area contributed by atoms with E-state index in [0.29, 0.717) is 5.69 Å². The van der Waals surface area contributed by atoms with Gasteiger partial charge in [0, 0.05) is 5.69 Å². The Kier molecular flexibility index (Phi) is 4.37. The number of benzene rings is 1. The highest BCUT2D eigenvalue weighted by molar-refractivity contribution is 6.42. The summed E-state index contributed by atoms with van der Waals surface area (Å²) in [7, 11) is 0. The second-order valence-electron chi connectivity index (χ2n) is 4.83. The van der Waals surface area contributed by atoms with Crippen molar-refractivity contribution in [1.82, 2.24) is 0 Å². The average molecular weight is 324 g/mol. The number of anilines is 1. The monoisotopic (exact) mass is 323 g/mol. The van der Waals surface area contributed by atoms with Gasteiger partial charge in [0.2, 0.25) is 11.8 Å². The van der Waals surface area contributed by atoms with Gasteiger partial charge >= 0.3 is 5.97 Å². The van der Waals surface area contributed by atoms with Gasteiger partial charge in [-0.25, -0.2) is 4.79 Å². The first-order chi connectivity index (χ1) is 10.3. The van der Waals surface area contributed by atoms with E-state index in [1.807, 2.05) is 19.1 Å². The van der Waals surface area contributed by atoms with Crippen LogP contribution in [0.1, 0.15) is 5.56 Å². The molecule has 0 aromatic heterocycles. The summed E-state index contributed by atoms with van der Waals surface area (Å²) in [4.78, 5) is 34.5. The lowest BCUT2D eigenvalue weighted by Crippen LogP contribution is -2.45. The molecule has 7 nitrogen and oxygen atoms in total. The second kappa shape index (κ2) is 6.07. The molecule has 0 radical (unpaired) electrons. The third-order valence-electron chi connectivity index (χ3n) is 3.18. The molecule has 2 amide bonds. The molecule has 1 aromatic carbocycles. The lowest BCUT2D eigenvalue weighted by Gasteiger charge is -2.20. The molecule has 0 spiro atoms. The number of nitrogens with two attached hydrogens (primary N) is 2. The molecule has 1 heterocycles. The molecule has 0 fully saturated rings. The zero-order valence-electron chi connectivity index (χ0n) is 11.6. The second-order valence-corrected chi connectivity index (χ2v) is 5.20. The van der Waals surface area contributed by atoms with E-state index in [1.165, 1.54) is 0 Å². The normalized spacial score (nSPS) is 17.6. The minimum absolute atomic E-state index is 0.0816. The first kappa shape index (κ1) is 15.8. The zero-order chi connectivity index (χ0) is 16.4. The third kappa shape index (κ3) is 3.04. The summed E-state index contributed by atoms with van der Waals surface area (Å²) < 4.78 is 4.96. The van der Waals surface area contributed by atoms with Gasteiger partial charge in [0.25, 0.3) is 0 Å². The van der Waals surface area contributed by atoms with Crippen LogP contribution in [0.5, 0.6) is 0 Å². The van der Waals surface area contributed by atoms with E-state index >= 15 is 0 Å². The maximum Gasteiger partial charge on any atom is 0.352 e. The first-order valence-electron chi connectivity index (χ1n) is 6.34. The number of ether oxygens (including phenoxy) is 1. The number of aryl methyl sites for hydroxylation is 1. The van der Waals surface area contributed by atoms with Gasteiger partial charge in [-0.05, 0) is 19.1 Å². The number of halogens is 1. The Labute approximate surface area is 131 Å². The number of esters is 1. The fourth-order valence-corrected chi connectivity index (χ4v) is 2.25. The van der Waals surface area contributed by atoms with Gasteiger partial charge in [0.05, 0.1) is 5.70 Å². The van der Waals surface area contributed by atoms with Crippen molar-refractivity contribution in [3.8, 4) is 0 Å². The van der Waals surface area contributed by atoms with Crippen molar-refractivity contribution in [1.29, 1.82) is 0 Å². The fraction of sp³-hybridized carbons (Fsp3) is 0.214. The number of carbonyl (C=O) groups is 3. The molecule has 1 aliphatic rings. The molecule has 2 rings (SSSR count). The van der Waals surface area contributed by atoms with Crippen molar-refractivity contribution >= 4 is 35.1 Å². The summed E-state index contributed by atoms with van der Waals surface area (Å²) in [6, 6.07) is 7.16. The molecule has 1 aliphatic heterocycles. The largest absolute Gasteiger partial charge is 0.450 e. The number of primary amides is 2. The molecule has 0 saturated carbocycles. The van der Waals surface area contributed by atoms with Gasteiger partial charge in [-0.1, -0.05) is 29.3 Å². The number of rotatable bonds is 5. The SMILES string of the molecule is Cc1ccc(NC2=C(Cl)C(=O)OC2C(C(N)=O)C(N)=O)cc1. The summed E-state index contributed by atoms with van der Waals surface area (Å²) in [5.41, 5.74) is 12.0. The Hall–Kier alpha value is -2.54. The van der Waals surface area contributed by atoms with Crippen molar-refractivity contribution in [2.24, 2.45) is 17.4 Å². The highest BCUT2D eigenvalue weighted by atomic mass is 35.5. The third-order valence-corrected chi connectivity index (χ3v) is 3.54. The zero-order valence-corrected chi connectivity index (χ0v) is 12.4. The van der Waals surface area contributed by atoms with E-state index in [4.69, 9.17) is 27.8 Å². The van der Waals surface area contributed by atoms with Gasteiger partial charge in [-0.2, -0.15) is 0 Å². The average Bonchev–Trinajstić information content (AvgIpc) is 2.69. The van der Waals surface area contributed by atoms with E-state index in [-0.39, 0.29) is 10.7 Å². The Morgan fingerprint density at radius 1 is 1.23 bits per heavy atom. The lowest BCUT2D eigenvalue weighted by molar-refractivity contribution is -0.146. The molecule has 0 aliphatic carbocycles. The summed E-state index contributed by atoms with van der Waals surface area (Å²) in [6.45, 7) is 1.91. The Balaban J connectivity index is 2.35. The van der Waals surface area contributed by atoms with E-state index < -0.39 is 29.8 Å². The summed E-state index contributed by atoms with van der Waals surface area (Å²) in [5.74, 6) is -4.36. The smallest absolute Gasteiger partial charge is 0.352 e. The van der Waals surface area contributed by atoms with Crippen molar-refractivity contribution in [2.75, 3.05) is 5.32 Å². The predicted octanol–water partition coefficient (Wildman–Crippen LogP) is 0.370. The highest BCUT2D eigenvalue weighted by Gasteiger charge is 2.44. The van der Waals surface area contributed by atoms with E-state index in [9.17, 15) is 14.4 Å². The van der Waals surface area contributed by atoms with Gasteiger partial charge < -0.3 is 21.5 Å². The van der Waals surface area contributed by atoms with E-state index in [2.05, 4.69) is 5.32 Å². The molecule has 0 saturated heterocycles. The molecule has 116 valence electrons. The van der Waals surface area contributed by atoms with Crippen molar-refractivity contribution in [2.45, 2.75) is 13.0 Å². The molecule has 0 bridgehead atoms. The van der Waals surface area contributed by atoms with Crippen LogP contribution in [0.4, 0.5) is 5.69 Å². The number of hydrogen-bond acceptors (Lipinski definition) is 5. The fourth-order valence-electron chi connectivity index (χ4n) is 2.05. The molecular weight excluding hydrogens is 310 g/mol. The van der Waals surface area contributed by atoms with Crippen molar-refractivity contribution in [3.63, 3.8) is 0 Å². The van der Waals surface area contributed by atoms with Crippen LogP contribution in [0, 0.1) is 12.8 Å². The Morgan fingerprint density at radius 2 is 1.77 bits per heavy atom. The van der Waals surface area contributed by atoms with Crippen LogP contribution in [-0.4, -0.2) is 23.9 Å². The Morgan fingerprint density at radius 3 is 2.27 bits per heavy atom. The standard InChI is InChI=1S/C14H14ClN3O4/c1-6-2-4-7(5-3-6)18-10-9(15)14(21)22-11(10)8(12(16)19)13(17)20/h2-5,8,11,18H,1H3,(H2,16,19)(H2,17,20). The Bertz CT molecular complexity index is 655. The number of nitrogens with one attached hydrogen (secondary N) is 1. The van der Waals surface area contributed by atoms with Crippen LogP contribution in [0.2, 0.25) is 0 Å². The lowest BCUT2D eigenvalue weighted by atomic mass is 9.98. The van der Waals surface area contributed by atoms with Crippen molar-refractivity contribution in [3.05, 3.63) is 40.6 Å². The van der Waals surface area contributed by atoms with Crippen LogP contribution in [0.15, 0.2) is 35.0 Å². The van der Waals surface area contributed by atoms with Crippen molar-refractivity contribution < 1.29 is 19.1 Å². The molecule has 1 atom stereocenters. The molecule has 8 heteroatoms. The number of carbonyl (C=O) groups excluding carboxylic acids is 3. The predicted molar refractivity (Wildman–Crippen MR) is 79.4 cm³/mol. The van der Waals surface area contributed by atoms with E-state index in [1.54, 1.807) is 12.1 Å². The molecule has 5 N–H and O–H groups in total. The van der Waals surface area contributed by atoms with Gasteiger partial charge in [0.15, 0.2) is 12.0 Å².